The lowest BCUT2D eigenvalue weighted by Gasteiger charge is -2.55. The van der Waals surface area contributed by atoms with E-state index in [-0.39, 0.29) is 23.1 Å². The van der Waals surface area contributed by atoms with Crippen LogP contribution in [0.15, 0.2) is 12.7 Å². The number of ether oxygens (including phenoxy) is 1. The largest absolute Gasteiger partial charge is 0.451 e. The van der Waals surface area contributed by atoms with Crippen molar-refractivity contribution in [3.8, 4) is 0 Å². The van der Waals surface area contributed by atoms with Crippen molar-refractivity contribution in [2.24, 2.45) is 29.1 Å². The first-order valence-corrected chi connectivity index (χ1v) is 10.6. The van der Waals surface area contributed by atoms with Crippen LogP contribution in [-0.2, 0) is 19.1 Å². The van der Waals surface area contributed by atoms with E-state index in [2.05, 4.69) is 17.2 Å². The van der Waals surface area contributed by atoms with E-state index in [4.69, 9.17) is 4.74 Å². The Labute approximate surface area is 167 Å². The molecule has 28 heavy (non-hydrogen) atoms. The highest BCUT2D eigenvalue weighted by Gasteiger charge is 2.55. The van der Waals surface area contributed by atoms with Crippen LogP contribution in [0.1, 0.15) is 59.3 Å². The Balaban J connectivity index is 1.63. The summed E-state index contributed by atoms with van der Waals surface area (Å²) in [6, 6.07) is -0.741. The number of hydrogen-bond acceptors (Lipinski definition) is 4. The molecular weight excluding hydrogens is 356 g/mol. The van der Waals surface area contributed by atoms with Gasteiger partial charge in [-0.2, -0.15) is 0 Å². The van der Waals surface area contributed by atoms with Gasteiger partial charge in [0.1, 0.15) is 6.04 Å². The maximum Gasteiger partial charge on any atom is 0.329 e. The van der Waals surface area contributed by atoms with Crippen LogP contribution in [-0.4, -0.2) is 36.5 Å². The predicted molar refractivity (Wildman–Crippen MR) is 106 cm³/mol. The molecule has 0 spiro atoms. The predicted octanol–water partition coefficient (Wildman–Crippen LogP) is 2.58. The van der Waals surface area contributed by atoms with Crippen molar-refractivity contribution in [1.29, 1.82) is 0 Å². The van der Waals surface area contributed by atoms with Gasteiger partial charge in [-0.05, 0) is 69.1 Å². The van der Waals surface area contributed by atoms with Gasteiger partial charge in [-0.25, -0.2) is 4.79 Å². The van der Waals surface area contributed by atoms with Crippen molar-refractivity contribution in [3.05, 3.63) is 12.7 Å². The molecule has 0 unspecified atom stereocenters. The SMILES string of the molecule is C=CCNC(=O)[C@@H](C)OC(=O)[C@H](NC(=O)C12CC3CC(CC(C3)C1)C2)C(C)C. The molecule has 2 atom stereocenters. The highest BCUT2D eigenvalue weighted by Crippen LogP contribution is 2.60. The van der Waals surface area contributed by atoms with E-state index in [9.17, 15) is 14.4 Å². The van der Waals surface area contributed by atoms with E-state index in [1.807, 2.05) is 13.8 Å². The minimum atomic E-state index is -0.912. The van der Waals surface area contributed by atoms with Gasteiger partial charge in [-0.1, -0.05) is 19.9 Å². The summed E-state index contributed by atoms with van der Waals surface area (Å²) in [6.45, 7) is 9.16. The molecule has 4 saturated carbocycles. The molecule has 6 nitrogen and oxygen atoms in total. The molecule has 0 aromatic carbocycles. The third kappa shape index (κ3) is 4.26. The van der Waals surface area contributed by atoms with Crippen molar-refractivity contribution < 1.29 is 19.1 Å². The van der Waals surface area contributed by atoms with Gasteiger partial charge < -0.3 is 15.4 Å². The van der Waals surface area contributed by atoms with Gasteiger partial charge in [0.15, 0.2) is 6.10 Å². The molecule has 4 bridgehead atoms. The topological polar surface area (TPSA) is 84.5 Å². The molecule has 0 aliphatic heterocycles. The minimum Gasteiger partial charge on any atom is -0.451 e. The molecule has 0 aromatic heterocycles. The molecule has 156 valence electrons. The van der Waals surface area contributed by atoms with Crippen LogP contribution in [0.4, 0.5) is 0 Å². The quantitative estimate of drug-likeness (QED) is 0.493. The molecule has 4 aliphatic carbocycles. The highest BCUT2D eigenvalue weighted by atomic mass is 16.5. The van der Waals surface area contributed by atoms with Gasteiger partial charge in [-0.15, -0.1) is 6.58 Å². The molecule has 2 N–H and O–H groups in total. The number of rotatable bonds is 8. The molecule has 4 rings (SSSR count). The van der Waals surface area contributed by atoms with Gasteiger partial charge in [0.05, 0.1) is 0 Å². The third-order valence-electron chi connectivity index (χ3n) is 6.81. The Morgan fingerprint density at radius 2 is 1.61 bits per heavy atom. The maximum atomic E-state index is 13.3. The van der Waals surface area contributed by atoms with Gasteiger partial charge >= 0.3 is 5.97 Å². The van der Waals surface area contributed by atoms with Crippen LogP contribution in [0.2, 0.25) is 0 Å². The summed E-state index contributed by atoms with van der Waals surface area (Å²) in [5, 5.41) is 5.61. The Morgan fingerprint density at radius 3 is 2.07 bits per heavy atom. The standard InChI is InChI=1S/C22H34N2O4/c1-5-6-23-19(25)14(4)28-20(26)18(13(2)3)24-21(27)22-10-15-7-16(11-22)9-17(8-15)12-22/h5,13-18H,1,6-12H2,2-4H3,(H,23,25)(H,24,27)/t14-,15?,16?,17?,18-,22?/m1/s1. The fourth-order valence-corrected chi connectivity index (χ4v) is 5.80. The smallest absolute Gasteiger partial charge is 0.329 e. The summed E-state index contributed by atoms with van der Waals surface area (Å²) >= 11 is 0. The molecule has 4 aliphatic rings. The lowest BCUT2D eigenvalue weighted by molar-refractivity contribution is -0.161. The molecule has 0 aromatic rings. The van der Waals surface area contributed by atoms with Crippen LogP contribution in [0.25, 0.3) is 0 Å². The van der Waals surface area contributed by atoms with Crippen molar-refractivity contribution in [2.45, 2.75) is 71.4 Å². The fraction of sp³-hybridized carbons (Fsp3) is 0.773. The van der Waals surface area contributed by atoms with Crippen molar-refractivity contribution in [2.75, 3.05) is 6.54 Å². The second-order valence-corrected chi connectivity index (χ2v) is 9.51. The zero-order chi connectivity index (χ0) is 20.5. The summed E-state index contributed by atoms with van der Waals surface area (Å²) in [4.78, 5) is 37.9. The first-order valence-electron chi connectivity index (χ1n) is 10.6. The molecule has 0 saturated heterocycles. The van der Waals surface area contributed by atoms with Crippen molar-refractivity contribution in [3.63, 3.8) is 0 Å². The molecule has 4 fully saturated rings. The molecule has 0 heterocycles. The number of nitrogens with one attached hydrogen (secondary N) is 2. The third-order valence-corrected chi connectivity index (χ3v) is 6.81. The zero-order valence-electron chi connectivity index (χ0n) is 17.3. The maximum absolute atomic E-state index is 13.3. The first kappa shape index (κ1) is 20.9. The van der Waals surface area contributed by atoms with Crippen LogP contribution < -0.4 is 10.6 Å². The Hall–Kier alpha value is -1.85. The Bertz CT molecular complexity index is 607. The Morgan fingerprint density at radius 1 is 1.07 bits per heavy atom. The number of amides is 2. The van der Waals surface area contributed by atoms with Crippen LogP contribution in [0.3, 0.4) is 0 Å². The summed E-state index contributed by atoms with van der Waals surface area (Å²) in [7, 11) is 0. The van der Waals surface area contributed by atoms with Crippen LogP contribution in [0, 0.1) is 29.1 Å². The molecule has 6 heteroatoms. The lowest BCUT2D eigenvalue weighted by atomic mass is 9.49. The average Bonchev–Trinajstić information content (AvgIpc) is 2.62. The van der Waals surface area contributed by atoms with Gasteiger partial charge in [0, 0.05) is 12.0 Å². The molecule has 2 amide bonds. The summed E-state index contributed by atoms with van der Waals surface area (Å²) < 4.78 is 5.35. The van der Waals surface area contributed by atoms with Crippen LogP contribution >= 0.6 is 0 Å². The van der Waals surface area contributed by atoms with Crippen molar-refractivity contribution >= 4 is 17.8 Å². The molecular formula is C22H34N2O4. The van der Waals surface area contributed by atoms with Gasteiger partial charge in [0.2, 0.25) is 5.91 Å². The lowest BCUT2D eigenvalue weighted by Crippen LogP contribution is -2.57. The van der Waals surface area contributed by atoms with E-state index in [0.717, 1.165) is 19.3 Å². The van der Waals surface area contributed by atoms with E-state index in [1.165, 1.54) is 26.2 Å². The number of hydrogen-bond donors (Lipinski definition) is 2. The summed E-state index contributed by atoms with van der Waals surface area (Å²) in [5.74, 6) is 0.956. The normalized spacial score (nSPS) is 32.5. The van der Waals surface area contributed by atoms with Crippen LogP contribution in [0.5, 0.6) is 0 Å². The van der Waals surface area contributed by atoms with E-state index in [0.29, 0.717) is 24.3 Å². The van der Waals surface area contributed by atoms with E-state index >= 15 is 0 Å². The average molecular weight is 391 g/mol. The van der Waals surface area contributed by atoms with Gasteiger partial charge in [-0.3, -0.25) is 9.59 Å². The Kier molecular flexibility index (Phi) is 6.15. The number of esters is 1. The van der Waals surface area contributed by atoms with Crippen molar-refractivity contribution in [1.82, 2.24) is 10.6 Å². The number of carbonyl (C=O) groups is 3. The van der Waals surface area contributed by atoms with Gasteiger partial charge in [0.25, 0.3) is 5.91 Å². The fourth-order valence-electron chi connectivity index (χ4n) is 5.80. The van der Waals surface area contributed by atoms with E-state index < -0.39 is 18.1 Å². The second kappa shape index (κ2) is 8.26. The minimum absolute atomic E-state index is 0.00557. The number of carbonyl (C=O) groups excluding carboxylic acids is 3. The monoisotopic (exact) mass is 390 g/mol. The zero-order valence-corrected chi connectivity index (χ0v) is 17.3. The summed E-state index contributed by atoms with van der Waals surface area (Å²) in [6.07, 6.45) is 7.29. The molecule has 0 radical (unpaired) electrons. The first-order chi connectivity index (χ1) is 13.2. The highest BCUT2D eigenvalue weighted by molar-refractivity contribution is 5.90. The summed E-state index contributed by atoms with van der Waals surface area (Å²) in [5.41, 5.74) is -0.310. The second-order valence-electron chi connectivity index (χ2n) is 9.51. The van der Waals surface area contributed by atoms with E-state index in [1.54, 1.807) is 6.08 Å².